The summed E-state index contributed by atoms with van der Waals surface area (Å²) in [5.74, 6) is 0.268. The van der Waals surface area contributed by atoms with Gasteiger partial charge in [0.05, 0.1) is 5.52 Å². The molecule has 1 heterocycles. The van der Waals surface area contributed by atoms with Gasteiger partial charge in [0.1, 0.15) is 0 Å². The molecule has 0 amide bonds. The molecule has 0 aliphatic rings. The first kappa shape index (κ1) is 9.51. The first-order valence-corrected chi connectivity index (χ1v) is 4.64. The zero-order valence-electron chi connectivity index (χ0n) is 8.27. The Morgan fingerprint density at radius 1 is 1.60 bits per heavy atom. The van der Waals surface area contributed by atoms with E-state index in [1.807, 2.05) is 19.1 Å². The van der Waals surface area contributed by atoms with Crippen LogP contribution in [-0.2, 0) is 6.42 Å². The molecule has 0 aliphatic carbocycles. The Morgan fingerprint density at radius 2 is 2.33 bits per heavy atom. The van der Waals surface area contributed by atoms with Crippen LogP contribution >= 0.6 is 0 Å². The molecular weight excluding hydrogens is 194 g/mol. The number of carboxylic acid groups (broad SMARTS) is 1. The molecule has 78 valence electrons. The number of aryl methyl sites for hydroxylation is 1. The molecule has 2 rings (SSSR count). The zero-order valence-corrected chi connectivity index (χ0v) is 8.27. The number of rotatable bonds is 1. The Hall–Kier alpha value is -2.04. The minimum atomic E-state index is -1.12. The first-order chi connectivity index (χ1) is 7.15. The summed E-state index contributed by atoms with van der Waals surface area (Å²) in [4.78, 5) is 10.9. The van der Waals surface area contributed by atoms with Gasteiger partial charge in [0, 0.05) is 5.39 Å². The van der Waals surface area contributed by atoms with Crippen LogP contribution in [0.25, 0.3) is 10.9 Å². The maximum atomic E-state index is 10.9. The van der Waals surface area contributed by atoms with Gasteiger partial charge in [-0.2, -0.15) is 4.68 Å². The van der Waals surface area contributed by atoms with E-state index in [0.717, 1.165) is 22.1 Å². The molecule has 3 N–H and O–H groups in total. The monoisotopic (exact) mass is 205 g/mol. The third kappa shape index (κ3) is 1.32. The molecule has 0 unspecified atom stereocenters. The van der Waals surface area contributed by atoms with Crippen molar-refractivity contribution >= 4 is 22.8 Å². The number of hydrogen-bond acceptors (Lipinski definition) is 3. The number of benzene rings is 1. The minimum Gasteiger partial charge on any atom is -0.463 e. The molecule has 0 aliphatic heterocycles. The van der Waals surface area contributed by atoms with Crippen LogP contribution in [0.1, 0.15) is 12.5 Å². The van der Waals surface area contributed by atoms with Crippen LogP contribution < -0.4 is 5.73 Å². The Labute approximate surface area is 86.1 Å². The van der Waals surface area contributed by atoms with Crippen LogP contribution in [0, 0.1) is 0 Å². The smallest absolute Gasteiger partial charge is 0.432 e. The van der Waals surface area contributed by atoms with Crippen molar-refractivity contribution in [3.05, 3.63) is 23.8 Å². The topological polar surface area (TPSA) is 81.1 Å². The van der Waals surface area contributed by atoms with E-state index in [9.17, 15) is 4.79 Å². The van der Waals surface area contributed by atoms with E-state index >= 15 is 0 Å². The highest BCUT2D eigenvalue weighted by molar-refractivity contribution is 5.96. The van der Waals surface area contributed by atoms with Crippen LogP contribution in [0.4, 0.5) is 10.6 Å². The fraction of sp³-hybridized carbons (Fsp3) is 0.200. The van der Waals surface area contributed by atoms with Crippen molar-refractivity contribution in [2.45, 2.75) is 13.3 Å². The highest BCUT2D eigenvalue weighted by Gasteiger charge is 2.14. The number of nitrogens with two attached hydrogens (primary N) is 1. The average molecular weight is 205 g/mol. The third-order valence-electron chi connectivity index (χ3n) is 2.38. The molecule has 0 saturated heterocycles. The van der Waals surface area contributed by atoms with Crippen LogP contribution in [0.2, 0.25) is 0 Å². The maximum Gasteiger partial charge on any atom is 0.432 e. The predicted octanol–water partition coefficient (Wildman–Crippen LogP) is 1.71. The number of nitrogens with zero attached hydrogens (tertiary/aromatic N) is 2. The lowest BCUT2D eigenvalue weighted by Gasteiger charge is -1.99. The maximum absolute atomic E-state index is 10.9. The van der Waals surface area contributed by atoms with Gasteiger partial charge < -0.3 is 10.8 Å². The second-order valence-corrected chi connectivity index (χ2v) is 3.24. The molecule has 15 heavy (non-hydrogen) atoms. The van der Waals surface area contributed by atoms with Gasteiger partial charge in [0.25, 0.3) is 0 Å². The van der Waals surface area contributed by atoms with Crippen LogP contribution in [0.15, 0.2) is 18.2 Å². The number of anilines is 1. The van der Waals surface area contributed by atoms with Gasteiger partial charge >= 0.3 is 6.09 Å². The van der Waals surface area contributed by atoms with Gasteiger partial charge in [-0.1, -0.05) is 19.1 Å². The summed E-state index contributed by atoms with van der Waals surface area (Å²) in [6.45, 7) is 1.99. The quantitative estimate of drug-likeness (QED) is 0.742. The summed E-state index contributed by atoms with van der Waals surface area (Å²) in [5, 5.41) is 13.4. The molecule has 0 atom stereocenters. The number of hydrogen-bond donors (Lipinski definition) is 2. The van der Waals surface area contributed by atoms with Gasteiger partial charge in [0.2, 0.25) is 0 Å². The fourth-order valence-corrected chi connectivity index (χ4v) is 1.71. The Morgan fingerprint density at radius 3 is 2.93 bits per heavy atom. The van der Waals surface area contributed by atoms with Crippen molar-refractivity contribution in [3.8, 4) is 0 Å². The standard InChI is InChI=1S/C10H11N3O2/c1-2-6-4-3-5-7-8(6)9(11)12-13(7)10(14)15/h3-5H,2H2,1H3,(H2,11,12)(H,14,15). The summed E-state index contributed by atoms with van der Waals surface area (Å²) in [6.07, 6.45) is -0.322. The van der Waals surface area contributed by atoms with Crippen molar-refractivity contribution in [1.29, 1.82) is 0 Å². The van der Waals surface area contributed by atoms with Gasteiger partial charge in [-0.15, -0.1) is 5.10 Å². The summed E-state index contributed by atoms with van der Waals surface area (Å²) >= 11 is 0. The van der Waals surface area contributed by atoms with E-state index in [0.29, 0.717) is 5.52 Å². The lowest BCUT2D eigenvalue weighted by atomic mass is 10.1. The summed E-state index contributed by atoms with van der Waals surface area (Å²) in [6, 6.07) is 5.43. The molecule has 0 saturated carbocycles. The molecule has 2 aromatic rings. The van der Waals surface area contributed by atoms with Gasteiger partial charge in [-0.25, -0.2) is 4.79 Å². The molecule has 5 nitrogen and oxygen atoms in total. The highest BCUT2D eigenvalue weighted by atomic mass is 16.4. The molecule has 0 fully saturated rings. The van der Waals surface area contributed by atoms with Gasteiger partial charge in [-0.3, -0.25) is 0 Å². The second kappa shape index (κ2) is 3.27. The molecule has 1 aromatic heterocycles. The molecule has 1 aromatic carbocycles. The number of fused-ring (bicyclic) bond motifs is 1. The first-order valence-electron chi connectivity index (χ1n) is 4.64. The van der Waals surface area contributed by atoms with Crippen LogP contribution in [0.3, 0.4) is 0 Å². The summed E-state index contributed by atoms with van der Waals surface area (Å²) in [5.41, 5.74) is 7.25. The van der Waals surface area contributed by atoms with Crippen molar-refractivity contribution in [1.82, 2.24) is 9.78 Å². The number of carbonyl (C=O) groups is 1. The minimum absolute atomic E-state index is 0.268. The van der Waals surface area contributed by atoms with Crippen molar-refractivity contribution < 1.29 is 9.90 Å². The number of aromatic nitrogens is 2. The lowest BCUT2D eigenvalue weighted by molar-refractivity contribution is 0.194. The van der Waals surface area contributed by atoms with Crippen molar-refractivity contribution in [3.63, 3.8) is 0 Å². The summed E-state index contributed by atoms with van der Waals surface area (Å²) < 4.78 is 0.907. The zero-order chi connectivity index (χ0) is 11.0. The van der Waals surface area contributed by atoms with Gasteiger partial charge in [0.15, 0.2) is 5.82 Å². The molecule has 5 heteroatoms. The van der Waals surface area contributed by atoms with E-state index in [1.165, 1.54) is 0 Å². The molecular formula is C10H11N3O2. The van der Waals surface area contributed by atoms with Crippen LogP contribution in [0.5, 0.6) is 0 Å². The third-order valence-corrected chi connectivity index (χ3v) is 2.38. The second-order valence-electron chi connectivity index (χ2n) is 3.24. The molecule has 0 spiro atoms. The van der Waals surface area contributed by atoms with E-state index in [2.05, 4.69) is 5.10 Å². The normalized spacial score (nSPS) is 10.7. The fourth-order valence-electron chi connectivity index (χ4n) is 1.71. The predicted molar refractivity (Wildman–Crippen MR) is 56.9 cm³/mol. The van der Waals surface area contributed by atoms with E-state index in [4.69, 9.17) is 10.8 Å². The average Bonchev–Trinajstić information content (AvgIpc) is 2.56. The van der Waals surface area contributed by atoms with E-state index in [-0.39, 0.29) is 5.82 Å². The van der Waals surface area contributed by atoms with E-state index in [1.54, 1.807) is 6.07 Å². The SMILES string of the molecule is CCc1cccc2c1c(N)nn2C(=O)O. The lowest BCUT2D eigenvalue weighted by Crippen LogP contribution is -2.09. The molecule has 0 bridgehead atoms. The van der Waals surface area contributed by atoms with Crippen molar-refractivity contribution in [2.75, 3.05) is 5.73 Å². The highest BCUT2D eigenvalue weighted by Crippen LogP contribution is 2.24. The Bertz CT molecular complexity index is 531. The van der Waals surface area contributed by atoms with E-state index < -0.39 is 6.09 Å². The molecule has 0 radical (unpaired) electrons. The Kier molecular flexibility index (Phi) is 2.07. The van der Waals surface area contributed by atoms with Crippen LogP contribution in [-0.4, -0.2) is 21.0 Å². The largest absolute Gasteiger partial charge is 0.463 e. The van der Waals surface area contributed by atoms with Crippen molar-refractivity contribution in [2.24, 2.45) is 0 Å². The van der Waals surface area contributed by atoms with Gasteiger partial charge in [-0.05, 0) is 18.1 Å². The number of nitrogen functional groups attached to an aromatic ring is 1. The Balaban J connectivity index is 2.85. The summed E-state index contributed by atoms with van der Waals surface area (Å²) in [7, 11) is 0.